The van der Waals surface area contributed by atoms with Crippen molar-refractivity contribution >= 4 is 27.5 Å². The van der Waals surface area contributed by atoms with Gasteiger partial charge in [0.25, 0.3) is 5.91 Å². The molecule has 1 N–H and O–H groups in total. The molecule has 2 aromatic heterocycles. The lowest BCUT2D eigenvalue weighted by molar-refractivity contribution is -0.124. The first-order valence-corrected chi connectivity index (χ1v) is 9.69. The Morgan fingerprint density at radius 1 is 1.29 bits per heavy atom. The maximum atomic E-state index is 12.2. The minimum Gasteiger partial charge on any atom is -0.467 e. The molecular formula is C18H23N3O2S. The zero-order valence-corrected chi connectivity index (χ0v) is 14.8. The molecule has 0 saturated heterocycles. The third kappa shape index (κ3) is 3.11. The van der Waals surface area contributed by atoms with E-state index in [4.69, 9.17) is 4.74 Å². The average Bonchev–Trinajstić information content (AvgIpc) is 3.16. The summed E-state index contributed by atoms with van der Waals surface area (Å²) < 4.78 is 5.77. The third-order valence-corrected chi connectivity index (χ3v) is 6.39. The molecule has 5 nitrogen and oxygen atoms in total. The summed E-state index contributed by atoms with van der Waals surface area (Å²) in [6.45, 7) is 2.31. The number of hydrogen-bond acceptors (Lipinski definition) is 5. The van der Waals surface area contributed by atoms with Crippen molar-refractivity contribution in [3.05, 3.63) is 16.8 Å². The van der Waals surface area contributed by atoms with Crippen LogP contribution in [0.3, 0.4) is 0 Å². The maximum absolute atomic E-state index is 12.2. The van der Waals surface area contributed by atoms with Crippen LogP contribution in [0.2, 0.25) is 0 Å². The highest BCUT2D eigenvalue weighted by Crippen LogP contribution is 2.39. The van der Waals surface area contributed by atoms with Gasteiger partial charge < -0.3 is 10.1 Å². The molecule has 0 atom stereocenters. The van der Waals surface area contributed by atoms with Gasteiger partial charge in [0.1, 0.15) is 11.2 Å². The third-order valence-electron chi connectivity index (χ3n) is 5.19. The molecule has 2 aliphatic carbocycles. The summed E-state index contributed by atoms with van der Waals surface area (Å²) in [7, 11) is 0. The highest BCUT2D eigenvalue weighted by atomic mass is 32.1. The minimum absolute atomic E-state index is 0.0305. The Balaban J connectivity index is 1.41. The van der Waals surface area contributed by atoms with Crippen molar-refractivity contribution in [3.8, 4) is 5.88 Å². The molecule has 2 heterocycles. The van der Waals surface area contributed by atoms with Gasteiger partial charge in [-0.1, -0.05) is 6.92 Å². The van der Waals surface area contributed by atoms with Crippen LogP contribution in [0.5, 0.6) is 5.88 Å². The Bertz CT molecular complexity index is 750. The molecule has 0 bridgehead atoms. The minimum atomic E-state index is -0.0480. The summed E-state index contributed by atoms with van der Waals surface area (Å²) >= 11 is 1.73. The van der Waals surface area contributed by atoms with Crippen LogP contribution < -0.4 is 10.1 Å². The van der Waals surface area contributed by atoms with Gasteiger partial charge in [-0.3, -0.25) is 4.79 Å². The van der Waals surface area contributed by atoms with E-state index in [1.54, 1.807) is 11.3 Å². The molecule has 0 spiro atoms. The first kappa shape index (κ1) is 15.8. The molecule has 2 aromatic rings. The first-order chi connectivity index (χ1) is 11.7. The molecular weight excluding hydrogens is 322 g/mol. The molecule has 0 radical (unpaired) electrons. The van der Waals surface area contributed by atoms with Crippen LogP contribution in [0.15, 0.2) is 6.33 Å². The molecule has 2 aliphatic rings. The van der Waals surface area contributed by atoms with Gasteiger partial charge in [-0.05, 0) is 56.4 Å². The second-order valence-electron chi connectivity index (χ2n) is 7.03. The topological polar surface area (TPSA) is 64.1 Å². The Hall–Kier alpha value is -1.69. The van der Waals surface area contributed by atoms with Crippen molar-refractivity contribution in [1.29, 1.82) is 0 Å². The van der Waals surface area contributed by atoms with E-state index in [1.165, 1.54) is 36.0 Å². The van der Waals surface area contributed by atoms with E-state index in [0.717, 1.165) is 41.8 Å². The molecule has 1 amide bonds. The van der Waals surface area contributed by atoms with Gasteiger partial charge in [0.2, 0.25) is 5.88 Å². The van der Waals surface area contributed by atoms with Crippen molar-refractivity contribution in [2.24, 2.45) is 5.92 Å². The number of rotatable bonds is 4. The van der Waals surface area contributed by atoms with Gasteiger partial charge in [0.05, 0.1) is 5.39 Å². The SMILES string of the molecule is CC1CCC(NC(=O)COc2ncnc3sc4c(c23)CCC4)CC1. The second-order valence-corrected chi connectivity index (χ2v) is 8.11. The number of aryl methyl sites for hydroxylation is 2. The first-order valence-electron chi connectivity index (χ1n) is 8.88. The maximum Gasteiger partial charge on any atom is 0.258 e. The molecule has 6 heteroatoms. The molecule has 0 aromatic carbocycles. The monoisotopic (exact) mass is 345 g/mol. The lowest BCUT2D eigenvalue weighted by Gasteiger charge is -2.26. The predicted octanol–water partition coefficient (Wildman–Crippen LogP) is 3.25. The largest absolute Gasteiger partial charge is 0.467 e. The van der Waals surface area contributed by atoms with E-state index < -0.39 is 0 Å². The number of aromatic nitrogens is 2. The fraction of sp³-hybridized carbons (Fsp3) is 0.611. The molecule has 0 aliphatic heterocycles. The predicted molar refractivity (Wildman–Crippen MR) is 94.5 cm³/mol. The zero-order valence-electron chi connectivity index (χ0n) is 14.0. The quantitative estimate of drug-likeness (QED) is 0.924. The van der Waals surface area contributed by atoms with E-state index in [9.17, 15) is 4.79 Å². The molecule has 1 saturated carbocycles. The van der Waals surface area contributed by atoms with Crippen LogP contribution in [0.4, 0.5) is 0 Å². The Kier molecular flexibility index (Phi) is 4.39. The molecule has 1 fully saturated rings. The van der Waals surface area contributed by atoms with Gasteiger partial charge in [-0.2, -0.15) is 0 Å². The number of carbonyl (C=O) groups is 1. The second kappa shape index (κ2) is 6.67. The number of amides is 1. The van der Waals surface area contributed by atoms with E-state index in [1.807, 2.05) is 0 Å². The van der Waals surface area contributed by atoms with Crippen LogP contribution in [0, 0.1) is 5.92 Å². The summed E-state index contributed by atoms with van der Waals surface area (Å²) in [5, 5.41) is 4.12. The lowest BCUT2D eigenvalue weighted by Crippen LogP contribution is -2.39. The zero-order chi connectivity index (χ0) is 16.5. The Morgan fingerprint density at radius 3 is 2.96 bits per heavy atom. The van der Waals surface area contributed by atoms with Gasteiger partial charge in [-0.25, -0.2) is 9.97 Å². The number of nitrogens with one attached hydrogen (secondary N) is 1. The van der Waals surface area contributed by atoms with Crippen LogP contribution in [0.25, 0.3) is 10.2 Å². The van der Waals surface area contributed by atoms with E-state index in [-0.39, 0.29) is 12.5 Å². The van der Waals surface area contributed by atoms with Crippen molar-refractivity contribution < 1.29 is 9.53 Å². The Labute approximate surface area is 145 Å². The van der Waals surface area contributed by atoms with Gasteiger partial charge >= 0.3 is 0 Å². The van der Waals surface area contributed by atoms with Crippen molar-refractivity contribution in [3.63, 3.8) is 0 Å². The fourth-order valence-electron chi connectivity index (χ4n) is 3.82. The molecule has 0 unspecified atom stereocenters. The number of carbonyl (C=O) groups excluding carboxylic acids is 1. The standard InChI is InChI=1S/C18H23N3O2S/c1-11-5-7-12(8-6-11)21-15(22)9-23-17-16-13-3-2-4-14(13)24-18(16)20-10-19-17/h10-12H,2-9H2,1H3,(H,21,22). The van der Waals surface area contributed by atoms with Crippen LogP contribution >= 0.6 is 11.3 Å². The van der Waals surface area contributed by atoms with Crippen molar-refractivity contribution in [2.45, 2.75) is 57.9 Å². The average molecular weight is 345 g/mol. The molecule has 4 rings (SSSR count). The molecule has 128 valence electrons. The Morgan fingerprint density at radius 2 is 2.12 bits per heavy atom. The summed E-state index contributed by atoms with van der Waals surface area (Å²) in [5.74, 6) is 1.30. The lowest BCUT2D eigenvalue weighted by atomic mass is 9.87. The van der Waals surface area contributed by atoms with E-state index in [2.05, 4.69) is 22.2 Å². The summed E-state index contributed by atoms with van der Waals surface area (Å²) in [6, 6.07) is 0.299. The number of thiophene rings is 1. The molecule has 24 heavy (non-hydrogen) atoms. The normalized spacial score (nSPS) is 23.2. The smallest absolute Gasteiger partial charge is 0.258 e. The number of ether oxygens (including phenoxy) is 1. The number of nitrogens with zero attached hydrogens (tertiary/aromatic N) is 2. The van der Waals surface area contributed by atoms with Crippen molar-refractivity contribution in [1.82, 2.24) is 15.3 Å². The van der Waals surface area contributed by atoms with Crippen LogP contribution in [-0.2, 0) is 17.6 Å². The van der Waals surface area contributed by atoms with Crippen molar-refractivity contribution in [2.75, 3.05) is 6.61 Å². The number of hydrogen-bond donors (Lipinski definition) is 1. The van der Waals surface area contributed by atoms with Crippen LogP contribution in [0.1, 0.15) is 49.5 Å². The van der Waals surface area contributed by atoms with Crippen LogP contribution in [-0.4, -0.2) is 28.5 Å². The summed E-state index contributed by atoms with van der Waals surface area (Å²) in [6.07, 6.45) is 9.43. The fourth-order valence-corrected chi connectivity index (χ4v) is 5.04. The van der Waals surface area contributed by atoms with E-state index >= 15 is 0 Å². The summed E-state index contributed by atoms with van der Waals surface area (Å²) in [4.78, 5) is 23.2. The summed E-state index contributed by atoms with van der Waals surface area (Å²) in [5.41, 5.74) is 1.33. The highest BCUT2D eigenvalue weighted by Gasteiger charge is 2.23. The van der Waals surface area contributed by atoms with Gasteiger partial charge in [-0.15, -0.1) is 11.3 Å². The van der Waals surface area contributed by atoms with Gasteiger partial charge in [0.15, 0.2) is 6.61 Å². The number of fused-ring (bicyclic) bond motifs is 3. The highest BCUT2D eigenvalue weighted by molar-refractivity contribution is 7.18. The van der Waals surface area contributed by atoms with E-state index in [0.29, 0.717) is 11.9 Å². The van der Waals surface area contributed by atoms with Gasteiger partial charge in [0, 0.05) is 10.9 Å².